The van der Waals surface area contributed by atoms with Crippen molar-refractivity contribution in [2.45, 2.75) is 19.8 Å². The Hall–Kier alpha value is -3.12. The van der Waals surface area contributed by atoms with Crippen LogP contribution in [0.15, 0.2) is 59.9 Å². The molecule has 2 aromatic carbocycles. The molecule has 2 aliphatic rings. The van der Waals surface area contributed by atoms with Crippen LogP contribution >= 0.6 is 0 Å². The molecule has 156 valence electrons. The summed E-state index contributed by atoms with van der Waals surface area (Å²) in [7, 11) is 0. The number of Topliss-reactive ketones (excluding diaryl/α,β-unsaturated/α-hetero) is 2. The summed E-state index contributed by atoms with van der Waals surface area (Å²) < 4.78 is 11.1. The highest BCUT2D eigenvalue weighted by molar-refractivity contribution is 6.27. The molecule has 4 rings (SSSR count). The van der Waals surface area contributed by atoms with Crippen LogP contribution in [0, 0.1) is 0 Å². The number of carbonyl (C=O) groups excluding carboxylic acids is 2. The number of ketones is 2. The highest BCUT2D eigenvalue weighted by atomic mass is 16.5. The number of anilines is 1. The van der Waals surface area contributed by atoms with E-state index in [1.807, 2.05) is 29.2 Å². The van der Waals surface area contributed by atoms with Gasteiger partial charge in [0.15, 0.2) is 0 Å². The topological polar surface area (TPSA) is 67.9 Å². The molecular formula is C24H26N2O4. The normalized spacial score (nSPS) is 16.5. The first-order chi connectivity index (χ1) is 14.7. The van der Waals surface area contributed by atoms with Crippen molar-refractivity contribution in [2.24, 2.45) is 0 Å². The monoisotopic (exact) mass is 406 g/mol. The summed E-state index contributed by atoms with van der Waals surface area (Å²) in [4.78, 5) is 28.6. The van der Waals surface area contributed by atoms with E-state index in [0.29, 0.717) is 55.4 Å². The van der Waals surface area contributed by atoms with Crippen LogP contribution in [0.2, 0.25) is 0 Å². The van der Waals surface area contributed by atoms with E-state index in [9.17, 15) is 9.59 Å². The Morgan fingerprint density at radius 3 is 2.30 bits per heavy atom. The first-order valence-corrected chi connectivity index (χ1v) is 10.4. The van der Waals surface area contributed by atoms with Gasteiger partial charge in [0.1, 0.15) is 17.1 Å². The van der Waals surface area contributed by atoms with Crippen molar-refractivity contribution in [2.75, 3.05) is 38.2 Å². The SMILES string of the molecule is CCCCOc1ccc(NC2=C(N3CCOCC3)C(=O)c3ccccc3C2=O)cc1. The number of allylic oxidation sites excluding steroid dienone is 2. The van der Waals surface area contributed by atoms with Crippen LogP contribution in [-0.2, 0) is 4.74 Å². The number of carbonyl (C=O) groups is 2. The minimum atomic E-state index is -0.171. The maximum Gasteiger partial charge on any atom is 0.212 e. The third-order valence-corrected chi connectivity index (χ3v) is 5.31. The number of nitrogens with one attached hydrogen (secondary N) is 1. The molecule has 0 spiro atoms. The van der Waals surface area contributed by atoms with E-state index < -0.39 is 0 Å². The quantitative estimate of drug-likeness (QED) is 0.704. The molecule has 1 saturated heterocycles. The van der Waals surface area contributed by atoms with Crippen molar-refractivity contribution >= 4 is 17.3 Å². The molecular weight excluding hydrogens is 380 g/mol. The number of ether oxygens (including phenoxy) is 2. The maximum atomic E-state index is 13.3. The fourth-order valence-electron chi connectivity index (χ4n) is 3.68. The Morgan fingerprint density at radius 1 is 0.967 bits per heavy atom. The Labute approximate surface area is 176 Å². The van der Waals surface area contributed by atoms with Gasteiger partial charge in [-0.2, -0.15) is 0 Å². The molecule has 0 unspecified atom stereocenters. The summed E-state index contributed by atoms with van der Waals surface area (Å²) >= 11 is 0. The number of unbranched alkanes of at least 4 members (excludes halogenated alkanes) is 1. The summed E-state index contributed by atoms with van der Waals surface area (Å²) in [5, 5.41) is 3.22. The molecule has 1 fully saturated rings. The lowest BCUT2D eigenvalue weighted by atomic mass is 9.89. The highest BCUT2D eigenvalue weighted by Crippen LogP contribution is 2.30. The van der Waals surface area contributed by atoms with Crippen molar-refractivity contribution in [1.29, 1.82) is 0 Å². The van der Waals surface area contributed by atoms with Crippen molar-refractivity contribution < 1.29 is 19.1 Å². The predicted molar refractivity (Wildman–Crippen MR) is 115 cm³/mol. The van der Waals surface area contributed by atoms with Gasteiger partial charge in [0, 0.05) is 29.9 Å². The lowest BCUT2D eigenvalue weighted by Gasteiger charge is -2.34. The molecule has 0 radical (unpaired) electrons. The minimum absolute atomic E-state index is 0.130. The molecule has 0 atom stereocenters. The first kappa shape index (κ1) is 20.2. The molecule has 0 bridgehead atoms. The van der Waals surface area contributed by atoms with Crippen LogP contribution in [0.5, 0.6) is 5.75 Å². The van der Waals surface area contributed by atoms with E-state index in [1.54, 1.807) is 24.3 Å². The Bertz CT molecular complexity index is 959. The summed E-state index contributed by atoms with van der Waals surface area (Å²) in [5.74, 6) is 0.483. The van der Waals surface area contributed by atoms with Gasteiger partial charge >= 0.3 is 0 Å². The minimum Gasteiger partial charge on any atom is -0.494 e. The Kier molecular flexibility index (Phi) is 6.14. The van der Waals surface area contributed by atoms with Crippen LogP contribution in [-0.4, -0.2) is 49.4 Å². The molecule has 0 amide bonds. The molecule has 0 aromatic heterocycles. The van der Waals surface area contributed by atoms with E-state index >= 15 is 0 Å². The number of benzene rings is 2. The third kappa shape index (κ3) is 4.09. The van der Waals surface area contributed by atoms with Gasteiger partial charge in [0.25, 0.3) is 0 Å². The largest absolute Gasteiger partial charge is 0.494 e. The van der Waals surface area contributed by atoms with Crippen molar-refractivity contribution in [3.05, 3.63) is 71.1 Å². The summed E-state index contributed by atoms with van der Waals surface area (Å²) in [6, 6.07) is 14.5. The van der Waals surface area contributed by atoms with E-state index in [4.69, 9.17) is 9.47 Å². The summed E-state index contributed by atoms with van der Waals surface area (Å²) in [5.41, 5.74) is 2.36. The second kappa shape index (κ2) is 9.13. The van der Waals surface area contributed by atoms with Crippen molar-refractivity contribution in [1.82, 2.24) is 4.90 Å². The standard InChI is InChI=1S/C24H26N2O4/c1-2-3-14-30-18-10-8-17(9-11-18)25-21-22(26-12-15-29-16-13-26)24(28)20-7-5-4-6-19(20)23(21)27/h4-11,25H,2-3,12-16H2,1H3. The molecule has 1 N–H and O–H groups in total. The molecule has 1 aliphatic heterocycles. The number of hydrogen-bond acceptors (Lipinski definition) is 6. The van der Waals surface area contributed by atoms with Gasteiger partial charge in [0.05, 0.1) is 19.8 Å². The van der Waals surface area contributed by atoms with Crippen LogP contribution in [0.25, 0.3) is 0 Å². The lowest BCUT2D eigenvalue weighted by molar-refractivity contribution is 0.0496. The number of nitrogens with zero attached hydrogens (tertiary/aromatic N) is 1. The second-order valence-corrected chi connectivity index (χ2v) is 7.38. The summed E-state index contributed by atoms with van der Waals surface area (Å²) in [6.45, 7) is 5.02. The summed E-state index contributed by atoms with van der Waals surface area (Å²) in [6.07, 6.45) is 2.08. The van der Waals surface area contributed by atoms with Gasteiger partial charge in [-0.15, -0.1) is 0 Å². The average molecular weight is 406 g/mol. The molecule has 0 saturated carbocycles. The van der Waals surface area contributed by atoms with Gasteiger partial charge < -0.3 is 19.7 Å². The van der Waals surface area contributed by atoms with Crippen LogP contribution in [0.3, 0.4) is 0 Å². The number of morpholine rings is 1. The predicted octanol–water partition coefficient (Wildman–Crippen LogP) is 3.90. The second-order valence-electron chi connectivity index (χ2n) is 7.38. The highest BCUT2D eigenvalue weighted by Gasteiger charge is 2.35. The van der Waals surface area contributed by atoms with Crippen LogP contribution in [0.4, 0.5) is 5.69 Å². The van der Waals surface area contributed by atoms with Crippen molar-refractivity contribution in [3.8, 4) is 5.75 Å². The smallest absolute Gasteiger partial charge is 0.212 e. The molecule has 6 nitrogen and oxygen atoms in total. The third-order valence-electron chi connectivity index (χ3n) is 5.31. The van der Waals surface area contributed by atoms with Gasteiger partial charge in [-0.3, -0.25) is 9.59 Å². The fourth-order valence-corrected chi connectivity index (χ4v) is 3.68. The fraction of sp³-hybridized carbons (Fsp3) is 0.333. The molecule has 1 heterocycles. The van der Waals surface area contributed by atoms with Gasteiger partial charge in [-0.05, 0) is 30.7 Å². The van der Waals surface area contributed by atoms with E-state index in [0.717, 1.165) is 24.3 Å². The van der Waals surface area contributed by atoms with Crippen molar-refractivity contribution in [3.63, 3.8) is 0 Å². The average Bonchev–Trinajstić information content (AvgIpc) is 2.79. The number of hydrogen-bond donors (Lipinski definition) is 1. The van der Waals surface area contributed by atoms with E-state index in [1.165, 1.54) is 0 Å². The Morgan fingerprint density at radius 2 is 1.63 bits per heavy atom. The molecule has 6 heteroatoms. The molecule has 1 aliphatic carbocycles. The van der Waals surface area contributed by atoms with E-state index in [-0.39, 0.29) is 11.6 Å². The number of fused-ring (bicyclic) bond motifs is 1. The molecule has 30 heavy (non-hydrogen) atoms. The van der Waals surface area contributed by atoms with Gasteiger partial charge in [-0.25, -0.2) is 0 Å². The first-order valence-electron chi connectivity index (χ1n) is 10.4. The van der Waals surface area contributed by atoms with E-state index in [2.05, 4.69) is 12.2 Å². The van der Waals surface area contributed by atoms with Crippen LogP contribution in [0.1, 0.15) is 40.5 Å². The lowest BCUT2D eigenvalue weighted by Crippen LogP contribution is -2.42. The van der Waals surface area contributed by atoms with Gasteiger partial charge in [-0.1, -0.05) is 37.6 Å². The number of rotatable bonds is 7. The molecule has 2 aromatic rings. The van der Waals surface area contributed by atoms with Crippen LogP contribution < -0.4 is 10.1 Å². The Balaban J connectivity index is 1.65. The maximum absolute atomic E-state index is 13.3. The zero-order valence-electron chi connectivity index (χ0n) is 17.1. The van der Waals surface area contributed by atoms with Gasteiger partial charge in [0.2, 0.25) is 11.6 Å². The zero-order valence-corrected chi connectivity index (χ0v) is 17.1. The zero-order chi connectivity index (χ0) is 20.9.